The first kappa shape index (κ1) is 31.7. The molecule has 0 radical (unpaired) electrons. The van der Waals surface area contributed by atoms with Gasteiger partial charge in [-0.25, -0.2) is 0 Å². The fourth-order valence-electron chi connectivity index (χ4n) is 7.53. The first-order valence-electron chi connectivity index (χ1n) is 15.7. The number of hydrogen-bond acceptors (Lipinski definition) is 6. The molecule has 0 saturated carbocycles. The zero-order chi connectivity index (χ0) is 32.0. The van der Waals surface area contributed by atoms with Gasteiger partial charge in [-0.2, -0.15) is 0 Å². The molecule has 8 nitrogen and oxygen atoms in total. The Morgan fingerprint density at radius 1 is 1.02 bits per heavy atom. The molecular weight excluding hydrogens is 610 g/mol. The second-order valence-electron chi connectivity index (χ2n) is 12.3. The van der Waals surface area contributed by atoms with Gasteiger partial charge in [0.05, 0.1) is 46.5 Å². The van der Waals surface area contributed by atoms with Gasteiger partial charge in [0, 0.05) is 24.0 Å². The lowest BCUT2D eigenvalue weighted by molar-refractivity contribution is -0.142. The molecule has 2 fully saturated rings. The predicted molar refractivity (Wildman–Crippen MR) is 179 cm³/mol. The number of carbonyl (C=O) groups excluding carboxylic acids is 3. The van der Waals surface area contributed by atoms with Gasteiger partial charge in [-0.1, -0.05) is 68.3 Å². The number of nitrogens with zero attached hydrogens (tertiary/aromatic N) is 3. The maximum Gasteiger partial charge on any atom is 0.251 e. The molecule has 4 aliphatic rings. The Balaban J connectivity index is 1.46. The number of rotatable bonds is 8. The summed E-state index contributed by atoms with van der Waals surface area (Å²) in [5.74, 6) is -1.49. The number of aryl methyl sites for hydroxylation is 1. The second kappa shape index (κ2) is 12.5. The Kier molecular flexibility index (Phi) is 8.80. The molecule has 45 heavy (non-hydrogen) atoms. The number of fused-ring (bicyclic) bond motifs is 2. The summed E-state index contributed by atoms with van der Waals surface area (Å²) in [5.41, 5.74) is 2.18. The van der Waals surface area contributed by atoms with Crippen molar-refractivity contribution in [3.05, 3.63) is 77.4 Å². The maximum atomic E-state index is 14.9. The van der Waals surface area contributed by atoms with E-state index in [-0.39, 0.29) is 42.0 Å². The molecule has 3 amide bonds. The molecule has 2 aromatic rings. The fourth-order valence-corrected chi connectivity index (χ4v) is 9.85. The number of para-hydroxylation sites is 1. The third kappa shape index (κ3) is 5.07. The Labute approximate surface area is 274 Å². The Morgan fingerprint density at radius 2 is 1.76 bits per heavy atom. The highest BCUT2D eigenvalue weighted by Gasteiger charge is 2.72. The number of amides is 3. The number of likely N-dealkylation sites (tertiary alicyclic amines) is 1. The predicted octanol–water partition coefficient (Wildman–Crippen LogP) is 5.26. The summed E-state index contributed by atoms with van der Waals surface area (Å²) in [7, 11) is 0. The fraction of sp³-hybridized carbons (Fsp3) is 0.457. The van der Waals surface area contributed by atoms with Crippen LogP contribution in [0.25, 0.3) is 0 Å². The van der Waals surface area contributed by atoms with Crippen molar-refractivity contribution in [3.63, 3.8) is 0 Å². The molecule has 6 rings (SSSR count). The van der Waals surface area contributed by atoms with Crippen LogP contribution >= 0.6 is 23.4 Å². The van der Waals surface area contributed by atoms with Gasteiger partial charge in [-0.3, -0.25) is 14.4 Å². The highest BCUT2D eigenvalue weighted by molar-refractivity contribution is 8.02. The van der Waals surface area contributed by atoms with Crippen LogP contribution in [0.2, 0.25) is 5.02 Å². The number of thioether (sulfide) groups is 1. The number of anilines is 2. The average molecular weight is 650 g/mol. The number of aliphatic hydroxyl groups is 1. The van der Waals surface area contributed by atoms with E-state index in [0.717, 1.165) is 17.0 Å². The normalized spacial score (nSPS) is 28.8. The van der Waals surface area contributed by atoms with Crippen molar-refractivity contribution < 1.29 is 24.2 Å². The zero-order valence-corrected chi connectivity index (χ0v) is 27.6. The van der Waals surface area contributed by atoms with Gasteiger partial charge in [0.15, 0.2) is 0 Å². The third-order valence-electron chi connectivity index (χ3n) is 9.86. The standard InChI is InChI=1S/C35H40ClN3O5S/c1-5-21(3)26(20-40)39-31-34(43)38(30-22(4)10-7-11-25(30)36)19-9-17-35(31)29(33(39)42)28-27(45-35)12-8-18-37(32(28)41)23-13-15-24(16-14-23)44-6-2/h7-17,21,26-29,31,40H,5-6,18-20H2,1-4H3/t21-,26-,27+,28-,29-,31?,35-/m0/s1. The number of ether oxygens (including phenoxy) is 1. The smallest absolute Gasteiger partial charge is 0.251 e. The third-order valence-corrected chi connectivity index (χ3v) is 11.9. The van der Waals surface area contributed by atoms with E-state index < -0.39 is 28.7 Å². The number of carbonyl (C=O) groups is 3. The largest absolute Gasteiger partial charge is 0.494 e. The molecule has 0 aromatic heterocycles. The van der Waals surface area contributed by atoms with Gasteiger partial charge in [0.2, 0.25) is 11.8 Å². The van der Waals surface area contributed by atoms with Crippen LogP contribution in [-0.2, 0) is 14.4 Å². The minimum Gasteiger partial charge on any atom is -0.494 e. The van der Waals surface area contributed by atoms with E-state index in [1.54, 1.807) is 20.8 Å². The molecule has 1 N–H and O–H groups in total. The van der Waals surface area contributed by atoms with Crippen molar-refractivity contribution in [2.45, 2.75) is 56.2 Å². The number of halogens is 1. The lowest BCUT2D eigenvalue weighted by Gasteiger charge is -2.40. The lowest BCUT2D eigenvalue weighted by Crippen LogP contribution is -2.58. The summed E-state index contributed by atoms with van der Waals surface area (Å²) in [6.45, 7) is 8.75. The molecule has 238 valence electrons. The average Bonchev–Trinajstić information content (AvgIpc) is 3.34. The zero-order valence-electron chi connectivity index (χ0n) is 26.1. The number of benzene rings is 2. The van der Waals surface area contributed by atoms with E-state index in [1.165, 1.54) is 11.8 Å². The molecule has 0 aliphatic carbocycles. The number of hydrogen-bond donors (Lipinski definition) is 1. The molecule has 4 aliphatic heterocycles. The molecule has 2 saturated heterocycles. The van der Waals surface area contributed by atoms with E-state index in [9.17, 15) is 19.5 Å². The summed E-state index contributed by atoms with van der Waals surface area (Å²) >= 11 is 8.22. The molecule has 0 bridgehead atoms. The van der Waals surface area contributed by atoms with Crippen molar-refractivity contribution in [3.8, 4) is 5.75 Å². The highest BCUT2D eigenvalue weighted by atomic mass is 35.5. The quantitative estimate of drug-likeness (QED) is 0.393. The first-order chi connectivity index (χ1) is 21.7. The van der Waals surface area contributed by atoms with Crippen LogP contribution in [0, 0.1) is 24.7 Å². The molecule has 7 atom stereocenters. The summed E-state index contributed by atoms with van der Waals surface area (Å²) in [4.78, 5) is 49.3. The van der Waals surface area contributed by atoms with Crippen molar-refractivity contribution in [2.24, 2.45) is 17.8 Å². The van der Waals surface area contributed by atoms with Crippen LogP contribution in [0.15, 0.2) is 66.8 Å². The summed E-state index contributed by atoms with van der Waals surface area (Å²) in [6, 6.07) is 11.4. The molecule has 1 unspecified atom stereocenters. The molecule has 1 spiro atoms. The van der Waals surface area contributed by atoms with Crippen molar-refractivity contribution >= 4 is 52.5 Å². The summed E-state index contributed by atoms with van der Waals surface area (Å²) in [6.07, 6.45) is 8.66. The van der Waals surface area contributed by atoms with Gasteiger partial charge in [-0.15, -0.1) is 11.8 Å². The lowest BCUT2D eigenvalue weighted by atomic mass is 9.78. The van der Waals surface area contributed by atoms with Gasteiger partial charge in [0.25, 0.3) is 5.91 Å². The molecular formula is C35H40ClN3O5S. The topological polar surface area (TPSA) is 90.4 Å². The van der Waals surface area contributed by atoms with Gasteiger partial charge in [-0.05, 0) is 55.7 Å². The van der Waals surface area contributed by atoms with Crippen LogP contribution in [0.5, 0.6) is 5.75 Å². The molecule has 10 heteroatoms. The monoisotopic (exact) mass is 649 g/mol. The van der Waals surface area contributed by atoms with Crippen molar-refractivity contribution in [1.29, 1.82) is 0 Å². The molecule has 2 aromatic carbocycles. The van der Waals surface area contributed by atoms with Gasteiger partial charge >= 0.3 is 0 Å². The first-order valence-corrected chi connectivity index (χ1v) is 17.0. The van der Waals surface area contributed by atoms with Crippen LogP contribution in [0.1, 0.15) is 32.8 Å². The van der Waals surface area contributed by atoms with E-state index in [2.05, 4.69) is 0 Å². The molecule has 4 heterocycles. The van der Waals surface area contributed by atoms with E-state index in [0.29, 0.717) is 30.3 Å². The minimum absolute atomic E-state index is 0.0729. The van der Waals surface area contributed by atoms with Crippen LogP contribution in [0.4, 0.5) is 11.4 Å². The van der Waals surface area contributed by atoms with Crippen LogP contribution in [-0.4, -0.2) is 76.1 Å². The summed E-state index contributed by atoms with van der Waals surface area (Å²) in [5, 5.41) is 10.9. The minimum atomic E-state index is -1.00. The summed E-state index contributed by atoms with van der Waals surface area (Å²) < 4.78 is 4.60. The van der Waals surface area contributed by atoms with Crippen molar-refractivity contribution in [2.75, 3.05) is 36.1 Å². The van der Waals surface area contributed by atoms with E-state index >= 15 is 0 Å². The Hall–Kier alpha value is -3.27. The Morgan fingerprint density at radius 3 is 2.42 bits per heavy atom. The maximum absolute atomic E-state index is 14.9. The van der Waals surface area contributed by atoms with E-state index in [4.69, 9.17) is 16.3 Å². The SMILES string of the molecule is CCOc1ccc(N2CC=C[C@H]3S[C@]45C=CCN(c6c(C)cccc6Cl)C(=O)C4N([C@@H](CO)[C@@H](C)CC)C(=O)[C@@H]5[C@H]3C2=O)cc1. The highest BCUT2D eigenvalue weighted by Crippen LogP contribution is 2.62. The second-order valence-corrected chi connectivity index (χ2v) is 14.2. The van der Waals surface area contributed by atoms with Crippen LogP contribution in [0.3, 0.4) is 0 Å². The van der Waals surface area contributed by atoms with Crippen molar-refractivity contribution in [1.82, 2.24) is 4.90 Å². The van der Waals surface area contributed by atoms with Crippen LogP contribution < -0.4 is 14.5 Å². The number of aliphatic hydroxyl groups excluding tert-OH is 1. The van der Waals surface area contributed by atoms with Gasteiger partial charge < -0.3 is 24.5 Å². The van der Waals surface area contributed by atoms with E-state index in [1.807, 2.05) is 88.4 Å². The van der Waals surface area contributed by atoms with Gasteiger partial charge in [0.1, 0.15) is 11.8 Å². The Bertz CT molecular complexity index is 1530.